The van der Waals surface area contributed by atoms with E-state index in [2.05, 4.69) is 25.0 Å². The summed E-state index contributed by atoms with van der Waals surface area (Å²) in [5, 5.41) is 3.92. The van der Waals surface area contributed by atoms with Crippen molar-refractivity contribution in [2.75, 3.05) is 31.1 Å². The number of nitrogens with zero attached hydrogens (tertiary/aromatic N) is 7. The van der Waals surface area contributed by atoms with Crippen molar-refractivity contribution in [3.8, 4) is 5.82 Å². The lowest BCUT2D eigenvalue weighted by Crippen LogP contribution is -2.49. The SMILES string of the molecule is Cc1noc(C)c1CC(=O)N1CCN(c2cc(-n3ccnc3)ncn2)CC1. The number of piperazine rings is 1. The van der Waals surface area contributed by atoms with E-state index < -0.39 is 0 Å². The van der Waals surface area contributed by atoms with Gasteiger partial charge in [-0.3, -0.25) is 9.36 Å². The zero-order valence-corrected chi connectivity index (χ0v) is 15.4. The first kappa shape index (κ1) is 17.2. The molecule has 4 rings (SSSR count). The molecule has 0 aliphatic carbocycles. The number of imidazole rings is 1. The third-order valence-electron chi connectivity index (χ3n) is 4.87. The van der Waals surface area contributed by atoms with Crippen LogP contribution in [0.1, 0.15) is 17.0 Å². The molecule has 27 heavy (non-hydrogen) atoms. The number of carbonyl (C=O) groups excluding carboxylic acids is 1. The lowest BCUT2D eigenvalue weighted by Gasteiger charge is -2.35. The molecule has 3 aromatic rings. The minimum atomic E-state index is 0.103. The smallest absolute Gasteiger partial charge is 0.227 e. The number of aromatic nitrogens is 5. The summed E-state index contributed by atoms with van der Waals surface area (Å²) in [6, 6.07) is 1.93. The second-order valence-corrected chi connectivity index (χ2v) is 6.55. The van der Waals surface area contributed by atoms with Gasteiger partial charge < -0.3 is 14.3 Å². The Bertz CT molecular complexity index is 908. The van der Waals surface area contributed by atoms with Crippen molar-refractivity contribution in [3.63, 3.8) is 0 Å². The fourth-order valence-electron chi connectivity index (χ4n) is 3.25. The molecule has 9 nitrogen and oxygen atoms in total. The molecular formula is C18H21N7O2. The van der Waals surface area contributed by atoms with Gasteiger partial charge in [-0.05, 0) is 13.8 Å². The molecule has 0 atom stereocenters. The minimum Gasteiger partial charge on any atom is -0.361 e. The minimum absolute atomic E-state index is 0.103. The van der Waals surface area contributed by atoms with Crippen LogP contribution in [0.3, 0.4) is 0 Å². The van der Waals surface area contributed by atoms with Crippen molar-refractivity contribution >= 4 is 11.7 Å². The van der Waals surface area contributed by atoms with Gasteiger partial charge in [0.2, 0.25) is 5.91 Å². The summed E-state index contributed by atoms with van der Waals surface area (Å²) in [6.45, 7) is 6.48. The van der Waals surface area contributed by atoms with Crippen molar-refractivity contribution in [1.29, 1.82) is 0 Å². The molecule has 0 aromatic carbocycles. The Morgan fingerprint density at radius 2 is 1.93 bits per heavy atom. The molecule has 1 amide bonds. The highest BCUT2D eigenvalue weighted by Gasteiger charge is 2.24. The van der Waals surface area contributed by atoms with Crippen LogP contribution in [-0.2, 0) is 11.2 Å². The molecule has 0 spiro atoms. The van der Waals surface area contributed by atoms with Crippen LogP contribution in [-0.4, -0.2) is 61.7 Å². The van der Waals surface area contributed by atoms with Gasteiger partial charge in [0.25, 0.3) is 0 Å². The van der Waals surface area contributed by atoms with E-state index in [0.29, 0.717) is 25.3 Å². The number of carbonyl (C=O) groups is 1. The highest BCUT2D eigenvalue weighted by Crippen LogP contribution is 2.18. The van der Waals surface area contributed by atoms with Gasteiger partial charge in [-0.2, -0.15) is 0 Å². The van der Waals surface area contributed by atoms with Crippen molar-refractivity contribution < 1.29 is 9.32 Å². The van der Waals surface area contributed by atoms with Crippen LogP contribution in [0.15, 0.2) is 35.6 Å². The molecular weight excluding hydrogens is 346 g/mol. The monoisotopic (exact) mass is 367 g/mol. The molecule has 4 heterocycles. The Balaban J connectivity index is 1.39. The highest BCUT2D eigenvalue weighted by atomic mass is 16.5. The van der Waals surface area contributed by atoms with Gasteiger partial charge in [-0.15, -0.1) is 0 Å². The summed E-state index contributed by atoms with van der Waals surface area (Å²) in [5.41, 5.74) is 1.68. The summed E-state index contributed by atoms with van der Waals surface area (Å²) in [4.78, 5) is 29.4. The summed E-state index contributed by atoms with van der Waals surface area (Å²) < 4.78 is 6.99. The standard InChI is InChI=1S/C18H21N7O2/c1-13-15(14(2)27-22-13)9-18(26)24-7-5-23(6-8-24)16-10-17(21-11-20-16)25-4-3-19-12-25/h3-4,10-12H,5-9H2,1-2H3. The largest absolute Gasteiger partial charge is 0.361 e. The summed E-state index contributed by atoms with van der Waals surface area (Å²) in [7, 11) is 0. The van der Waals surface area contributed by atoms with E-state index in [4.69, 9.17) is 4.52 Å². The molecule has 0 saturated carbocycles. The van der Waals surface area contributed by atoms with E-state index in [1.54, 1.807) is 18.9 Å². The maximum Gasteiger partial charge on any atom is 0.227 e. The third kappa shape index (κ3) is 3.53. The van der Waals surface area contributed by atoms with Gasteiger partial charge in [0, 0.05) is 50.2 Å². The number of aryl methyl sites for hydroxylation is 2. The second-order valence-electron chi connectivity index (χ2n) is 6.55. The van der Waals surface area contributed by atoms with E-state index in [0.717, 1.165) is 36.0 Å². The summed E-state index contributed by atoms with van der Waals surface area (Å²) >= 11 is 0. The zero-order valence-electron chi connectivity index (χ0n) is 15.4. The van der Waals surface area contributed by atoms with Crippen LogP contribution >= 0.6 is 0 Å². The molecule has 0 radical (unpaired) electrons. The quantitative estimate of drug-likeness (QED) is 0.683. The topological polar surface area (TPSA) is 93.2 Å². The number of amides is 1. The van der Waals surface area contributed by atoms with Gasteiger partial charge in [0.15, 0.2) is 0 Å². The molecule has 1 aliphatic rings. The van der Waals surface area contributed by atoms with Gasteiger partial charge in [-0.1, -0.05) is 5.16 Å². The number of hydrogen-bond acceptors (Lipinski definition) is 7. The molecule has 140 valence electrons. The lowest BCUT2D eigenvalue weighted by molar-refractivity contribution is -0.130. The molecule has 0 N–H and O–H groups in total. The molecule has 0 unspecified atom stereocenters. The average molecular weight is 367 g/mol. The predicted molar refractivity (Wildman–Crippen MR) is 97.6 cm³/mol. The predicted octanol–water partition coefficient (Wildman–Crippen LogP) is 1.16. The van der Waals surface area contributed by atoms with Crippen LogP contribution in [0.4, 0.5) is 5.82 Å². The van der Waals surface area contributed by atoms with Crippen molar-refractivity contribution in [3.05, 3.63) is 48.1 Å². The molecule has 9 heteroatoms. The first-order valence-electron chi connectivity index (χ1n) is 8.86. The van der Waals surface area contributed by atoms with Gasteiger partial charge in [0.1, 0.15) is 30.1 Å². The van der Waals surface area contributed by atoms with Crippen LogP contribution in [0, 0.1) is 13.8 Å². The van der Waals surface area contributed by atoms with Crippen LogP contribution in [0.25, 0.3) is 5.82 Å². The molecule has 1 fully saturated rings. The third-order valence-corrected chi connectivity index (χ3v) is 4.87. The van der Waals surface area contributed by atoms with Gasteiger partial charge >= 0.3 is 0 Å². The van der Waals surface area contributed by atoms with Crippen molar-refractivity contribution in [1.82, 2.24) is 29.6 Å². The van der Waals surface area contributed by atoms with Crippen LogP contribution < -0.4 is 4.90 Å². The Morgan fingerprint density at radius 3 is 2.59 bits per heavy atom. The molecule has 0 bridgehead atoms. The zero-order chi connectivity index (χ0) is 18.8. The molecule has 1 aliphatic heterocycles. The van der Waals surface area contributed by atoms with Gasteiger partial charge in [-0.25, -0.2) is 15.0 Å². The Morgan fingerprint density at radius 1 is 1.15 bits per heavy atom. The maximum absolute atomic E-state index is 12.6. The first-order chi connectivity index (χ1) is 13.1. The average Bonchev–Trinajstić information content (AvgIpc) is 3.34. The van der Waals surface area contributed by atoms with E-state index in [-0.39, 0.29) is 5.91 Å². The fourth-order valence-corrected chi connectivity index (χ4v) is 3.25. The van der Waals surface area contributed by atoms with E-state index >= 15 is 0 Å². The molecule has 3 aromatic heterocycles. The number of rotatable bonds is 4. The Kier molecular flexibility index (Phi) is 4.57. The van der Waals surface area contributed by atoms with Crippen LogP contribution in [0.5, 0.6) is 0 Å². The van der Waals surface area contributed by atoms with Crippen LogP contribution in [0.2, 0.25) is 0 Å². The normalized spacial score (nSPS) is 14.6. The van der Waals surface area contributed by atoms with Crippen molar-refractivity contribution in [2.24, 2.45) is 0 Å². The molecule has 1 saturated heterocycles. The van der Waals surface area contributed by atoms with E-state index in [1.807, 2.05) is 35.6 Å². The highest BCUT2D eigenvalue weighted by molar-refractivity contribution is 5.79. The van der Waals surface area contributed by atoms with E-state index in [1.165, 1.54) is 0 Å². The fraction of sp³-hybridized carbons (Fsp3) is 0.389. The summed E-state index contributed by atoms with van der Waals surface area (Å²) in [5.74, 6) is 2.44. The summed E-state index contributed by atoms with van der Waals surface area (Å²) in [6.07, 6.45) is 7.15. The lowest BCUT2D eigenvalue weighted by atomic mass is 10.1. The number of anilines is 1. The Labute approximate surface area is 156 Å². The van der Waals surface area contributed by atoms with E-state index in [9.17, 15) is 4.79 Å². The maximum atomic E-state index is 12.6. The Hall–Kier alpha value is -3.23. The van der Waals surface area contributed by atoms with Gasteiger partial charge in [0.05, 0.1) is 12.1 Å². The van der Waals surface area contributed by atoms with Crippen molar-refractivity contribution in [2.45, 2.75) is 20.3 Å². The number of hydrogen-bond donors (Lipinski definition) is 0. The first-order valence-corrected chi connectivity index (χ1v) is 8.86. The second kappa shape index (κ2) is 7.18.